The molecule has 0 saturated heterocycles. The summed E-state index contributed by atoms with van der Waals surface area (Å²) in [5, 5.41) is 11.2. The van der Waals surface area contributed by atoms with E-state index in [-0.39, 0.29) is 6.04 Å². The highest BCUT2D eigenvalue weighted by Crippen LogP contribution is 2.29. The predicted octanol–water partition coefficient (Wildman–Crippen LogP) is 2.59. The highest BCUT2D eigenvalue weighted by Gasteiger charge is 2.28. The van der Waals surface area contributed by atoms with E-state index in [1.54, 1.807) is 11.3 Å². The van der Waals surface area contributed by atoms with E-state index in [0.717, 1.165) is 18.0 Å². The van der Waals surface area contributed by atoms with Gasteiger partial charge in [0.15, 0.2) is 0 Å². The molecule has 5 heteroatoms. The molecule has 0 spiro atoms. The number of hydrogen-bond donors (Lipinski definition) is 1. The summed E-state index contributed by atoms with van der Waals surface area (Å²) in [6.07, 6.45) is 9.66. The van der Waals surface area contributed by atoms with Crippen LogP contribution < -0.4 is 5.32 Å². The molecule has 0 aliphatic heterocycles. The first-order chi connectivity index (χ1) is 8.86. The molecule has 2 heterocycles. The summed E-state index contributed by atoms with van der Waals surface area (Å²) in [5.41, 5.74) is 1.23. The minimum atomic E-state index is 0.211. The van der Waals surface area contributed by atoms with E-state index in [2.05, 4.69) is 28.5 Å². The van der Waals surface area contributed by atoms with Crippen LogP contribution in [-0.2, 0) is 6.54 Å². The van der Waals surface area contributed by atoms with Crippen LogP contribution in [0, 0.1) is 0 Å². The van der Waals surface area contributed by atoms with Crippen molar-refractivity contribution in [3.8, 4) is 0 Å². The fraction of sp³-hybridized carbons (Fsp3) is 0.538. The molecule has 1 fully saturated rings. The topological polar surface area (TPSA) is 42.7 Å². The fourth-order valence-corrected chi connectivity index (χ4v) is 2.78. The van der Waals surface area contributed by atoms with E-state index in [9.17, 15) is 0 Å². The second kappa shape index (κ2) is 5.20. The van der Waals surface area contributed by atoms with Crippen molar-refractivity contribution in [1.29, 1.82) is 0 Å². The zero-order valence-electron chi connectivity index (χ0n) is 10.5. The van der Waals surface area contributed by atoms with Crippen LogP contribution in [0.3, 0.4) is 0 Å². The van der Waals surface area contributed by atoms with E-state index in [1.807, 2.05) is 22.5 Å². The third-order valence-corrected chi connectivity index (χ3v) is 3.96. The van der Waals surface area contributed by atoms with Crippen molar-refractivity contribution in [2.45, 2.75) is 44.8 Å². The van der Waals surface area contributed by atoms with E-state index >= 15 is 0 Å². The van der Waals surface area contributed by atoms with E-state index in [0.29, 0.717) is 6.04 Å². The summed E-state index contributed by atoms with van der Waals surface area (Å²) in [4.78, 5) is 4.45. The Morgan fingerprint density at radius 3 is 3.11 bits per heavy atom. The molecule has 0 aromatic carbocycles. The molecule has 4 nitrogen and oxygen atoms in total. The fourth-order valence-electron chi connectivity index (χ4n) is 2.05. The number of aromatic nitrogens is 3. The molecule has 1 N–H and O–H groups in total. The summed E-state index contributed by atoms with van der Waals surface area (Å²) in [7, 11) is 0. The Morgan fingerprint density at radius 2 is 2.44 bits per heavy atom. The van der Waals surface area contributed by atoms with Crippen LogP contribution in [0.15, 0.2) is 24.0 Å². The number of aryl methyl sites for hydroxylation is 1. The van der Waals surface area contributed by atoms with Gasteiger partial charge in [-0.3, -0.25) is 4.68 Å². The standard InChI is InChI=1S/C13H18N4S/c1-2-6-17-9-10(8-15-17)12(16-11-3-4-11)13-14-5-7-18-13/h5,7-9,11-12,16H,2-4,6H2,1H3. The Kier molecular flexibility index (Phi) is 3.43. The number of nitrogens with one attached hydrogen (secondary N) is 1. The summed E-state index contributed by atoms with van der Waals surface area (Å²) >= 11 is 1.71. The molecule has 0 amide bonds. The third-order valence-electron chi connectivity index (χ3n) is 3.12. The van der Waals surface area contributed by atoms with Crippen LogP contribution in [0.4, 0.5) is 0 Å². The van der Waals surface area contributed by atoms with Crippen LogP contribution in [0.2, 0.25) is 0 Å². The number of thiazole rings is 1. The van der Waals surface area contributed by atoms with Gasteiger partial charge < -0.3 is 5.32 Å². The van der Waals surface area contributed by atoms with Gasteiger partial charge in [0.1, 0.15) is 5.01 Å². The second-order valence-electron chi connectivity index (χ2n) is 4.78. The predicted molar refractivity (Wildman–Crippen MR) is 72.6 cm³/mol. The zero-order chi connectivity index (χ0) is 12.4. The van der Waals surface area contributed by atoms with Crippen molar-refractivity contribution < 1.29 is 0 Å². The first-order valence-electron chi connectivity index (χ1n) is 6.54. The van der Waals surface area contributed by atoms with Crippen molar-refractivity contribution in [3.05, 3.63) is 34.5 Å². The maximum atomic E-state index is 4.45. The first kappa shape index (κ1) is 11.9. The number of rotatable bonds is 6. The van der Waals surface area contributed by atoms with Gasteiger partial charge in [-0.25, -0.2) is 4.98 Å². The molecule has 3 rings (SSSR count). The van der Waals surface area contributed by atoms with Gasteiger partial charge in [-0.05, 0) is 19.3 Å². The quantitative estimate of drug-likeness (QED) is 0.870. The van der Waals surface area contributed by atoms with Gasteiger partial charge in [0.25, 0.3) is 0 Å². The maximum absolute atomic E-state index is 4.45. The van der Waals surface area contributed by atoms with Gasteiger partial charge in [0, 0.05) is 35.9 Å². The van der Waals surface area contributed by atoms with Crippen molar-refractivity contribution >= 4 is 11.3 Å². The lowest BCUT2D eigenvalue weighted by molar-refractivity contribution is 0.587. The van der Waals surface area contributed by atoms with Crippen LogP contribution in [0.25, 0.3) is 0 Å². The Morgan fingerprint density at radius 1 is 1.56 bits per heavy atom. The van der Waals surface area contributed by atoms with Crippen molar-refractivity contribution in [2.24, 2.45) is 0 Å². The average Bonchev–Trinajstić information content (AvgIpc) is 2.87. The van der Waals surface area contributed by atoms with Gasteiger partial charge in [-0.1, -0.05) is 6.92 Å². The van der Waals surface area contributed by atoms with Crippen molar-refractivity contribution in [2.75, 3.05) is 0 Å². The molecule has 1 atom stereocenters. The van der Waals surface area contributed by atoms with Gasteiger partial charge in [-0.2, -0.15) is 5.10 Å². The summed E-state index contributed by atoms with van der Waals surface area (Å²) < 4.78 is 2.02. The molecule has 0 radical (unpaired) electrons. The lowest BCUT2D eigenvalue weighted by atomic mass is 10.1. The smallest absolute Gasteiger partial charge is 0.114 e. The molecule has 1 aliphatic carbocycles. The summed E-state index contributed by atoms with van der Waals surface area (Å²) in [6, 6.07) is 0.872. The van der Waals surface area contributed by atoms with E-state index < -0.39 is 0 Å². The summed E-state index contributed by atoms with van der Waals surface area (Å²) in [6.45, 7) is 3.15. The van der Waals surface area contributed by atoms with Crippen molar-refractivity contribution in [3.63, 3.8) is 0 Å². The van der Waals surface area contributed by atoms with Gasteiger partial charge in [0.2, 0.25) is 0 Å². The maximum Gasteiger partial charge on any atom is 0.114 e. The lowest BCUT2D eigenvalue weighted by Gasteiger charge is -2.14. The number of nitrogens with zero attached hydrogens (tertiary/aromatic N) is 3. The Hall–Kier alpha value is -1.20. The monoisotopic (exact) mass is 262 g/mol. The first-order valence-corrected chi connectivity index (χ1v) is 7.42. The van der Waals surface area contributed by atoms with Crippen LogP contribution >= 0.6 is 11.3 Å². The molecular weight excluding hydrogens is 244 g/mol. The van der Waals surface area contributed by atoms with Crippen LogP contribution in [0.5, 0.6) is 0 Å². The molecule has 1 saturated carbocycles. The molecule has 2 aromatic rings. The zero-order valence-corrected chi connectivity index (χ0v) is 11.4. The Labute approximate surface area is 111 Å². The second-order valence-corrected chi connectivity index (χ2v) is 5.71. The summed E-state index contributed by atoms with van der Waals surface area (Å²) in [5.74, 6) is 0. The van der Waals surface area contributed by atoms with E-state index in [1.165, 1.54) is 18.4 Å². The minimum absolute atomic E-state index is 0.211. The van der Waals surface area contributed by atoms with Gasteiger partial charge >= 0.3 is 0 Å². The lowest BCUT2D eigenvalue weighted by Crippen LogP contribution is -2.24. The third kappa shape index (κ3) is 2.62. The minimum Gasteiger partial charge on any atom is -0.301 e. The van der Waals surface area contributed by atoms with Crippen LogP contribution in [-0.4, -0.2) is 20.8 Å². The largest absolute Gasteiger partial charge is 0.301 e. The Balaban J connectivity index is 1.82. The molecule has 2 aromatic heterocycles. The molecule has 0 bridgehead atoms. The molecule has 18 heavy (non-hydrogen) atoms. The van der Waals surface area contributed by atoms with Gasteiger partial charge in [0.05, 0.1) is 12.2 Å². The van der Waals surface area contributed by atoms with Gasteiger partial charge in [-0.15, -0.1) is 11.3 Å². The average molecular weight is 262 g/mol. The molecule has 96 valence electrons. The van der Waals surface area contributed by atoms with Crippen molar-refractivity contribution in [1.82, 2.24) is 20.1 Å². The Bertz CT molecular complexity index is 487. The van der Waals surface area contributed by atoms with E-state index in [4.69, 9.17) is 0 Å². The normalized spacial score (nSPS) is 16.9. The molecule has 1 unspecified atom stereocenters. The highest BCUT2D eigenvalue weighted by atomic mass is 32.1. The molecule has 1 aliphatic rings. The van der Waals surface area contributed by atoms with Crippen LogP contribution in [0.1, 0.15) is 42.8 Å². The molecular formula is C13H18N4S. The SMILES string of the molecule is CCCn1cc(C(NC2CC2)c2nccs2)cn1. The number of hydrogen-bond acceptors (Lipinski definition) is 4. The highest BCUT2D eigenvalue weighted by molar-refractivity contribution is 7.09.